The molecule has 1 aromatic rings. The van der Waals surface area contributed by atoms with E-state index in [0.29, 0.717) is 17.5 Å². The van der Waals surface area contributed by atoms with Crippen LogP contribution in [0.3, 0.4) is 0 Å². The predicted octanol–water partition coefficient (Wildman–Crippen LogP) is 2.05. The van der Waals surface area contributed by atoms with Gasteiger partial charge in [-0.25, -0.2) is 9.97 Å². The van der Waals surface area contributed by atoms with E-state index in [4.69, 9.17) is 11.6 Å². The van der Waals surface area contributed by atoms with Crippen LogP contribution in [0.5, 0.6) is 0 Å². The summed E-state index contributed by atoms with van der Waals surface area (Å²) in [7, 11) is 3.50. The second-order valence-corrected chi connectivity index (χ2v) is 5.08. The molecule has 0 radical (unpaired) electrons. The Hall–Kier alpha value is -1.36. The molecule has 1 rings (SSSR count). The third-order valence-corrected chi connectivity index (χ3v) is 3.16. The van der Waals surface area contributed by atoms with Crippen LogP contribution in [0.1, 0.15) is 24.7 Å². The summed E-state index contributed by atoms with van der Waals surface area (Å²) in [5, 5.41) is 0.445. The highest BCUT2D eigenvalue weighted by atomic mass is 35.5. The van der Waals surface area contributed by atoms with Gasteiger partial charge in [0.2, 0.25) is 5.91 Å². The lowest BCUT2D eigenvalue weighted by Crippen LogP contribution is -2.38. The van der Waals surface area contributed by atoms with E-state index in [2.05, 4.69) is 16.9 Å². The largest absolute Gasteiger partial charge is 0.347 e. The van der Waals surface area contributed by atoms with Crippen LogP contribution in [0, 0.1) is 13.8 Å². The van der Waals surface area contributed by atoms with Crippen LogP contribution in [0.15, 0.2) is 0 Å². The first-order valence-corrected chi connectivity index (χ1v) is 6.70. The minimum atomic E-state index is 0.0419. The number of halogens is 1. The fourth-order valence-electron chi connectivity index (χ4n) is 1.72. The van der Waals surface area contributed by atoms with E-state index in [9.17, 15) is 4.79 Å². The number of carbonyl (C=O) groups excluding carboxylic acids is 1. The molecule has 0 saturated carbocycles. The lowest BCUT2D eigenvalue weighted by Gasteiger charge is -2.26. The first-order chi connectivity index (χ1) is 8.86. The number of aryl methyl sites for hydroxylation is 1. The number of amides is 1. The molecule has 0 spiro atoms. The number of nitrogens with zero attached hydrogens (tertiary/aromatic N) is 4. The SMILES string of the molecule is CCCN(CC(=O)N(C)C)c1nc(C)nc(Cl)c1C. The molecular formula is C13H21ClN4O. The van der Waals surface area contributed by atoms with Gasteiger partial charge in [0.25, 0.3) is 0 Å². The topological polar surface area (TPSA) is 49.3 Å². The zero-order valence-electron chi connectivity index (χ0n) is 12.2. The highest BCUT2D eigenvalue weighted by Crippen LogP contribution is 2.23. The smallest absolute Gasteiger partial charge is 0.241 e. The first kappa shape index (κ1) is 15.7. The standard InChI is InChI=1S/C13H21ClN4O/c1-6-7-18(8-11(19)17(4)5)13-9(2)12(14)15-10(3)16-13/h6-8H2,1-5H3. The van der Waals surface area contributed by atoms with Crippen LogP contribution in [0.2, 0.25) is 5.15 Å². The maximum atomic E-state index is 11.9. The first-order valence-electron chi connectivity index (χ1n) is 6.32. The Morgan fingerprint density at radius 3 is 2.42 bits per heavy atom. The summed E-state index contributed by atoms with van der Waals surface area (Å²) in [6.07, 6.45) is 0.931. The number of rotatable bonds is 5. The highest BCUT2D eigenvalue weighted by Gasteiger charge is 2.18. The second kappa shape index (κ2) is 6.70. The van der Waals surface area contributed by atoms with E-state index in [1.54, 1.807) is 25.9 Å². The van der Waals surface area contributed by atoms with Gasteiger partial charge in [0.05, 0.1) is 6.54 Å². The van der Waals surface area contributed by atoms with E-state index >= 15 is 0 Å². The molecule has 1 heterocycles. The Morgan fingerprint density at radius 2 is 1.89 bits per heavy atom. The molecular weight excluding hydrogens is 264 g/mol. The summed E-state index contributed by atoms with van der Waals surface area (Å²) < 4.78 is 0. The van der Waals surface area contributed by atoms with Crippen molar-refractivity contribution in [3.05, 3.63) is 16.5 Å². The maximum absolute atomic E-state index is 11.9. The van der Waals surface area contributed by atoms with Crippen LogP contribution in [0.4, 0.5) is 5.82 Å². The fourth-order valence-corrected chi connectivity index (χ4v) is 1.93. The Labute approximate surface area is 119 Å². The Kier molecular flexibility index (Phi) is 5.54. The number of aromatic nitrogens is 2. The van der Waals surface area contributed by atoms with Gasteiger partial charge in [-0.1, -0.05) is 18.5 Å². The molecule has 0 saturated heterocycles. The van der Waals surface area contributed by atoms with Gasteiger partial charge in [0.1, 0.15) is 16.8 Å². The van der Waals surface area contributed by atoms with E-state index in [1.807, 2.05) is 11.8 Å². The predicted molar refractivity (Wildman–Crippen MR) is 77.7 cm³/mol. The van der Waals surface area contributed by atoms with Gasteiger partial charge in [-0.15, -0.1) is 0 Å². The molecule has 0 bridgehead atoms. The normalized spacial score (nSPS) is 10.4. The quantitative estimate of drug-likeness (QED) is 0.777. The summed E-state index contributed by atoms with van der Waals surface area (Å²) in [4.78, 5) is 24.0. The van der Waals surface area contributed by atoms with Gasteiger partial charge in [-0.05, 0) is 20.3 Å². The van der Waals surface area contributed by atoms with Crippen molar-refractivity contribution in [1.82, 2.24) is 14.9 Å². The number of hydrogen-bond donors (Lipinski definition) is 0. The molecule has 0 fully saturated rings. The molecule has 0 aliphatic carbocycles. The van der Waals surface area contributed by atoms with Crippen molar-refractivity contribution in [3.8, 4) is 0 Å². The third kappa shape index (κ3) is 4.06. The zero-order valence-corrected chi connectivity index (χ0v) is 13.0. The van der Waals surface area contributed by atoms with Crippen molar-refractivity contribution in [1.29, 1.82) is 0 Å². The minimum Gasteiger partial charge on any atom is -0.347 e. The minimum absolute atomic E-state index is 0.0419. The summed E-state index contributed by atoms with van der Waals surface area (Å²) in [6, 6.07) is 0. The van der Waals surface area contributed by atoms with Gasteiger partial charge in [-0.3, -0.25) is 4.79 Å². The molecule has 0 aliphatic heterocycles. The van der Waals surface area contributed by atoms with Gasteiger partial charge < -0.3 is 9.80 Å². The molecule has 19 heavy (non-hydrogen) atoms. The average Bonchev–Trinajstić information content (AvgIpc) is 2.33. The lowest BCUT2D eigenvalue weighted by molar-refractivity contribution is -0.127. The van der Waals surface area contributed by atoms with Crippen LogP contribution in [0.25, 0.3) is 0 Å². The zero-order chi connectivity index (χ0) is 14.6. The van der Waals surface area contributed by atoms with Crippen molar-refractivity contribution >= 4 is 23.3 Å². The Balaban J connectivity index is 3.08. The summed E-state index contributed by atoms with van der Waals surface area (Å²) in [5.41, 5.74) is 0.812. The Bertz CT molecular complexity index is 462. The number of hydrogen-bond acceptors (Lipinski definition) is 4. The van der Waals surface area contributed by atoms with Gasteiger partial charge in [-0.2, -0.15) is 0 Å². The highest BCUT2D eigenvalue weighted by molar-refractivity contribution is 6.30. The lowest BCUT2D eigenvalue weighted by atomic mass is 10.3. The fraction of sp³-hybridized carbons (Fsp3) is 0.615. The van der Waals surface area contributed by atoms with Crippen LogP contribution < -0.4 is 4.90 Å². The number of anilines is 1. The van der Waals surface area contributed by atoms with Gasteiger partial charge in [0.15, 0.2) is 0 Å². The molecule has 0 N–H and O–H groups in total. The molecule has 1 aromatic heterocycles. The monoisotopic (exact) mass is 284 g/mol. The molecule has 0 aromatic carbocycles. The van der Waals surface area contributed by atoms with Crippen LogP contribution in [-0.4, -0.2) is 48.0 Å². The molecule has 106 valence electrons. The van der Waals surface area contributed by atoms with Gasteiger partial charge in [0, 0.05) is 26.2 Å². The van der Waals surface area contributed by atoms with Crippen molar-refractivity contribution < 1.29 is 4.79 Å². The Morgan fingerprint density at radius 1 is 1.26 bits per heavy atom. The van der Waals surface area contributed by atoms with Gasteiger partial charge >= 0.3 is 0 Å². The maximum Gasteiger partial charge on any atom is 0.241 e. The van der Waals surface area contributed by atoms with Crippen LogP contribution in [-0.2, 0) is 4.79 Å². The third-order valence-electron chi connectivity index (χ3n) is 2.79. The molecule has 0 aliphatic rings. The van der Waals surface area contributed by atoms with Crippen LogP contribution >= 0.6 is 11.6 Å². The summed E-state index contributed by atoms with van der Waals surface area (Å²) in [5.74, 6) is 1.40. The summed E-state index contributed by atoms with van der Waals surface area (Å²) >= 11 is 6.09. The average molecular weight is 285 g/mol. The molecule has 5 nitrogen and oxygen atoms in total. The number of carbonyl (C=O) groups is 1. The van der Waals surface area contributed by atoms with Crippen molar-refractivity contribution in [3.63, 3.8) is 0 Å². The van der Waals surface area contributed by atoms with E-state index in [1.165, 1.54) is 0 Å². The van der Waals surface area contributed by atoms with E-state index in [-0.39, 0.29) is 5.91 Å². The van der Waals surface area contributed by atoms with Crippen molar-refractivity contribution in [2.75, 3.05) is 32.1 Å². The number of likely N-dealkylation sites (N-methyl/N-ethyl adjacent to an activating group) is 1. The molecule has 6 heteroatoms. The summed E-state index contributed by atoms with van der Waals surface area (Å²) in [6.45, 7) is 6.80. The molecule has 0 atom stereocenters. The van der Waals surface area contributed by atoms with E-state index < -0.39 is 0 Å². The second-order valence-electron chi connectivity index (χ2n) is 4.72. The van der Waals surface area contributed by atoms with Crippen molar-refractivity contribution in [2.45, 2.75) is 27.2 Å². The molecule has 0 unspecified atom stereocenters. The van der Waals surface area contributed by atoms with Crippen molar-refractivity contribution in [2.24, 2.45) is 0 Å². The molecule has 1 amide bonds. The van der Waals surface area contributed by atoms with E-state index in [0.717, 1.165) is 24.3 Å².